The van der Waals surface area contributed by atoms with Crippen molar-refractivity contribution >= 4 is 33.2 Å². The van der Waals surface area contributed by atoms with Gasteiger partial charge in [-0.15, -0.1) is 0 Å². The highest BCUT2D eigenvalue weighted by atomic mass is 35.5. The number of nitrogens with one attached hydrogen (secondary N) is 1. The highest BCUT2D eigenvalue weighted by Crippen LogP contribution is 2.50. The van der Waals surface area contributed by atoms with Crippen molar-refractivity contribution in [2.75, 3.05) is 71.6 Å². The first-order chi connectivity index (χ1) is 26.2. The molecule has 1 saturated carbocycles. The zero-order valence-electron chi connectivity index (χ0n) is 33.6. The van der Waals surface area contributed by atoms with Gasteiger partial charge in [-0.1, -0.05) is 30.7 Å². The molecule has 6 atom stereocenters. The minimum Gasteiger partial charge on any atom is -0.490 e. The van der Waals surface area contributed by atoms with E-state index in [2.05, 4.69) is 64.5 Å². The number of sulfonamides is 1. The molecule has 0 unspecified atom stereocenters. The predicted molar refractivity (Wildman–Crippen MR) is 219 cm³/mol. The Morgan fingerprint density at radius 1 is 1.05 bits per heavy atom. The lowest BCUT2D eigenvalue weighted by Crippen LogP contribution is -2.65. The summed E-state index contributed by atoms with van der Waals surface area (Å²) in [5.41, 5.74) is 2.80. The third kappa shape index (κ3) is 7.95. The normalized spacial score (nSPS) is 32.3. The Hall–Kier alpha value is -2.67. The molecule has 2 aromatic carbocycles. The molecule has 1 amide bonds. The lowest BCUT2D eigenvalue weighted by Gasteiger charge is -2.56. The fourth-order valence-electron chi connectivity index (χ4n) is 10.3. The van der Waals surface area contributed by atoms with E-state index in [4.69, 9.17) is 25.8 Å². The van der Waals surface area contributed by atoms with Crippen molar-refractivity contribution in [2.24, 2.45) is 17.8 Å². The molecule has 1 saturated heterocycles. The second-order valence-electron chi connectivity index (χ2n) is 17.7. The van der Waals surface area contributed by atoms with E-state index in [9.17, 15) is 13.2 Å². The van der Waals surface area contributed by atoms with Crippen LogP contribution in [0.1, 0.15) is 87.7 Å². The molecule has 3 heterocycles. The summed E-state index contributed by atoms with van der Waals surface area (Å²) in [6, 6.07) is 11.7. The molecule has 2 bridgehead atoms. The molecule has 3 aliphatic heterocycles. The molecule has 7 rings (SSSR count). The van der Waals surface area contributed by atoms with Crippen LogP contribution in [0.25, 0.3) is 0 Å². The first-order valence-corrected chi connectivity index (χ1v) is 22.2. The van der Waals surface area contributed by atoms with E-state index in [1.54, 1.807) is 13.2 Å². The molecule has 0 radical (unpaired) electrons. The lowest BCUT2D eigenvalue weighted by atomic mass is 9.66. The number of piperazine rings is 1. The minimum absolute atomic E-state index is 0.0787. The van der Waals surface area contributed by atoms with Gasteiger partial charge < -0.3 is 19.1 Å². The number of carbonyl (C=O) groups is 1. The van der Waals surface area contributed by atoms with Crippen molar-refractivity contribution in [3.05, 3.63) is 70.3 Å². The summed E-state index contributed by atoms with van der Waals surface area (Å²) >= 11 is 6.52. The van der Waals surface area contributed by atoms with Crippen LogP contribution in [0.2, 0.25) is 5.02 Å². The molecule has 1 N–H and O–H groups in total. The SMILES string of the molecule is COCC[C@@H]1[C@@H](C)C/C=C/[C@](OC)(N2CCN(C(C)(C)C)CC2)[C@@H]2CC[C@H]2CN2C[C@@]3(CCCc4cc(Cl)ccc43)COc3ccc(cc32)C(=O)NS1(=O)=O. The zero-order valence-corrected chi connectivity index (χ0v) is 35.2. The summed E-state index contributed by atoms with van der Waals surface area (Å²) in [7, 11) is -0.653. The number of ether oxygens (including phenoxy) is 3. The van der Waals surface area contributed by atoms with Crippen molar-refractivity contribution in [3.8, 4) is 5.75 Å². The third-order valence-electron chi connectivity index (χ3n) is 13.5. The Kier molecular flexibility index (Phi) is 11.7. The number of hydrogen-bond acceptors (Lipinski definition) is 9. The Balaban J connectivity index is 1.32. The molecule has 5 aliphatic rings. The van der Waals surface area contributed by atoms with Crippen LogP contribution in [0.5, 0.6) is 5.75 Å². The highest BCUT2D eigenvalue weighted by molar-refractivity contribution is 7.90. The number of allylic oxidation sites excluding steroid dienone is 1. The van der Waals surface area contributed by atoms with Crippen LogP contribution in [0, 0.1) is 17.8 Å². The lowest BCUT2D eigenvalue weighted by molar-refractivity contribution is -0.185. The summed E-state index contributed by atoms with van der Waals surface area (Å²) < 4.78 is 49.5. The second-order valence-corrected chi connectivity index (χ2v) is 20.1. The molecule has 1 spiro atoms. The Labute approximate surface area is 333 Å². The number of aryl methyl sites for hydroxylation is 1. The first kappa shape index (κ1) is 40.5. The van der Waals surface area contributed by atoms with Crippen LogP contribution in [-0.4, -0.2) is 107 Å². The number of carbonyl (C=O) groups excluding carboxylic acids is 1. The van der Waals surface area contributed by atoms with E-state index < -0.39 is 26.9 Å². The van der Waals surface area contributed by atoms with Gasteiger partial charge in [0.15, 0.2) is 0 Å². The monoisotopic (exact) mass is 796 g/mol. The predicted octanol–water partition coefficient (Wildman–Crippen LogP) is 6.66. The topological polar surface area (TPSA) is 101 Å². The van der Waals surface area contributed by atoms with Gasteiger partial charge in [0.25, 0.3) is 5.91 Å². The Bertz CT molecular complexity index is 1860. The van der Waals surface area contributed by atoms with Crippen LogP contribution < -0.4 is 14.4 Å². The molecule has 2 aliphatic carbocycles. The van der Waals surface area contributed by atoms with Crippen LogP contribution in [0.4, 0.5) is 5.69 Å². The summed E-state index contributed by atoms with van der Waals surface area (Å²) in [4.78, 5) is 21.4. The van der Waals surface area contributed by atoms with Crippen molar-refractivity contribution in [1.29, 1.82) is 0 Å². The number of anilines is 1. The van der Waals surface area contributed by atoms with Gasteiger partial charge in [-0.05, 0) is 125 Å². The second kappa shape index (κ2) is 15.9. The maximum absolute atomic E-state index is 14.1. The number of halogens is 1. The molecule has 12 heteroatoms. The van der Waals surface area contributed by atoms with E-state index in [-0.39, 0.29) is 35.8 Å². The fourth-order valence-corrected chi connectivity index (χ4v) is 12.1. The van der Waals surface area contributed by atoms with Crippen LogP contribution in [0.3, 0.4) is 0 Å². The van der Waals surface area contributed by atoms with E-state index in [1.165, 1.54) is 11.1 Å². The number of hydrogen-bond donors (Lipinski definition) is 1. The van der Waals surface area contributed by atoms with Gasteiger partial charge in [0, 0.05) is 87.6 Å². The molecule has 55 heavy (non-hydrogen) atoms. The van der Waals surface area contributed by atoms with Gasteiger partial charge in [-0.3, -0.25) is 14.6 Å². The number of fused-ring (bicyclic) bond motifs is 4. The van der Waals surface area contributed by atoms with Gasteiger partial charge >= 0.3 is 0 Å². The largest absolute Gasteiger partial charge is 0.490 e. The summed E-state index contributed by atoms with van der Waals surface area (Å²) in [5.74, 6) is 0.301. The zero-order chi connectivity index (χ0) is 39.2. The Morgan fingerprint density at radius 2 is 1.84 bits per heavy atom. The van der Waals surface area contributed by atoms with E-state index in [0.29, 0.717) is 36.8 Å². The van der Waals surface area contributed by atoms with Gasteiger partial charge in [0.2, 0.25) is 10.0 Å². The first-order valence-electron chi connectivity index (χ1n) is 20.3. The van der Waals surface area contributed by atoms with Crippen LogP contribution in [-0.2, 0) is 31.3 Å². The smallest absolute Gasteiger partial charge is 0.264 e. The Morgan fingerprint density at radius 3 is 2.53 bits per heavy atom. The molecular weight excluding hydrogens is 736 g/mol. The molecule has 2 aromatic rings. The molecule has 2 fully saturated rings. The average molecular weight is 798 g/mol. The standard InChI is InChI=1S/C43H61ClN4O6S/c1-30-9-7-19-43(53-6,48-22-20-47(21-23-48)41(2,3)4)36-14-11-33(36)27-46-28-42(18-8-10-31-25-34(44)13-15-35(31)42)29-54-38-16-12-32(26-37(38)46)40(49)45-55(50,51)39(30)17-24-52-5/h7,12-13,15-16,19,25-26,30,33,36,39H,8-11,14,17-18,20-24,27-29H2,1-6H3,(H,45,49)/b19-7+/t30-,33-,36+,39+,42-,43+/m0/s1. The van der Waals surface area contributed by atoms with E-state index in [0.717, 1.165) is 75.5 Å². The molecule has 10 nitrogen and oxygen atoms in total. The fraction of sp³-hybridized carbons (Fsp3) is 0.651. The van der Waals surface area contributed by atoms with Gasteiger partial charge in [-0.25, -0.2) is 13.1 Å². The van der Waals surface area contributed by atoms with E-state index >= 15 is 0 Å². The van der Waals surface area contributed by atoms with Crippen molar-refractivity contribution in [1.82, 2.24) is 14.5 Å². The van der Waals surface area contributed by atoms with Gasteiger partial charge in [0.1, 0.15) is 11.5 Å². The van der Waals surface area contributed by atoms with Crippen molar-refractivity contribution in [2.45, 2.75) is 94.6 Å². The average Bonchev–Trinajstić information content (AvgIpc) is 3.28. The third-order valence-corrected chi connectivity index (χ3v) is 15.7. The van der Waals surface area contributed by atoms with Crippen LogP contribution >= 0.6 is 11.6 Å². The number of benzene rings is 2. The maximum atomic E-state index is 14.1. The summed E-state index contributed by atoms with van der Waals surface area (Å²) in [6.45, 7) is 14.6. The van der Waals surface area contributed by atoms with Crippen molar-refractivity contribution in [3.63, 3.8) is 0 Å². The number of nitrogens with zero attached hydrogens (tertiary/aromatic N) is 3. The number of rotatable bonds is 5. The van der Waals surface area contributed by atoms with E-state index in [1.807, 2.05) is 32.2 Å². The molecular formula is C43H61ClN4O6S. The quantitative estimate of drug-likeness (QED) is 0.333. The molecule has 0 aromatic heterocycles. The molecule has 302 valence electrons. The summed E-state index contributed by atoms with van der Waals surface area (Å²) in [6.07, 6.45) is 10.2. The van der Waals surface area contributed by atoms with Crippen molar-refractivity contribution < 1.29 is 27.4 Å². The number of amides is 1. The van der Waals surface area contributed by atoms with Gasteiger partial charge in [-0.2, -0.15) is 0 Å². The summed E-state index contributed by atoms with van der Waals surface area (Å²) in [5, 5.41) is -0.0919. The van der Waals surface area contributed by atoms with Crippen LogP contribution in [0.15, 0.2) is 48.6 Å². The highest BCUT2D eigenvalue weighted by Gasteiger charge is 2.52. The minimum atomic E-state index is -4.07. The maximum Gasteiger partial charge on any atom is 0.264 e. The number of methoxy groups -OCH3 is 2. The van der Waals surface area contributed by atoms with Gasteiger partial charge in [0.05, 0.1) is 17.5 Å².